The molecule has 0 amide bonds. The predicted octanol–water partition coefficient (Wildman–Crippen LogP) is 1.73. The summed E-state index contributed by atoms with van der Waals surface area (Å²) in [6.07, 6.45) is 1.53. The van der Waals surface area contributed by atoms with Crippen LogP contribution in [-0.2, 0) is 14.3 Å². The molecule has 4 nitrogen and oxygen atoms in total. The Labute approximate surface area is 104 Å². The third-order valence-electron chi connectivity index (χ3n) is 3.34. The van der Waals surface area contributed by atoms with E-state index in [1.54, 1.807) is 0 Å². The quantitative estimate of drug-likeness (QED) is 0.747. The first-order chi connectivity index (χ1) is 8.05. The average Bonchev–Trinajstić information content (AvgIpc) is 2.30. The molecule has 0 aromatic carbocycles. The lowest BCUT2D eigenvalue weighted by atomic mass is 9.83. The molecular weight excluding hydrogens is 218 g/mol. The topological polar surface area (TPSA) is 47.6 Å². The number of carbonyl (C=O) groups excluding carboxylic acids is 1. The second-order valence-electron chi connectivity index (χ2n) is 4.94. The van der Waals surface area contributed by atoms with E-state index in [-0.39, 0.29) is 12.1 Å². The molecule has 0 saturated carbocycles. The first kappa shape index (κ1) is 14.5. The van der Waals surface area contributed by atoms with Crippen molar-refractivity contribution >= 4 is 5.97 Å². The summed E-state index contributed by atoms with van der Waals surface area (Å²) >= 11 is 0. The maximum absolute atomic E-state index is 12.1. The van der Waals surface area contributed by atoms with Crippen molar-refractivity contribution in [1.82, 2.24) is 5.32 Å². The zero-order chi connectivity index (χ0) is 12.9. The average molecular weight is 243 g/mol. The molecule has 1 rings (SSSR count). The number of nitrogens with one attached hydrogen (secondary N) is 1. The van der Waals surface area contributed by atoms with Crippen LogP contribution in [0.15, 0.2) is 0 Å². The van der Waals surface area contributed by atoms with E-state index in [0.717, 1.165) is 6.54 Å². The van der Waals surface area contributed by atoms with Crippen LogP contribution in [0.4, 0.5) is 0 Å². The van der Waals surface area contributed by atoms with Crippen LogP contribution >= 0.6 is 0 Å². The highest BCUT2D eigenvalue weighted by Crippen LogP contribution is 2.29. The van der Waals surface area contributed by atoms with Gasteiger partial charge in [-0.2, -0.15) is 0 Å². The van der Waals surface area contributed by atoms with Gasteiger partial charge in [0.15, 0.2) is 0 Å². The molecule has 1 aliphatic heterocycles. The number of hydrogen-bond acceptors (Lipinski definition) is 4. The van der Waals surface area contributed by atoms with E-state index >= 15 is 0 Å². The van der Waals surface area contributed by atoms with Crippen molar-refractivity contribution in [2.24, 2.45) is 5.92 Å². The van der Waals surface area contributed by atoms with Gasteiger partial charge in [-0.3, -0.25) is 4.79 Å². The molecular formula is C13H25NO3. The third-order valence-corrected chi connectivity index (χ3v) is 3.34. The summed E-state index contributed by atoms with van der Waals surface area (Å²) in [6.45, 7) is 9.92. The van der Waals surface area contributed by atoms with Crippen molar-refractivity contribution < 1.29 is 14.3 Å². The van der Waals surface area contributed by atoms with E-state index in [0.29, 0.717) is 32.0 Å². The molecule has 0 aromatic rings. The van der Waals surface area contributed by atoms with Crippen molar-refractivity contribution in [3.05, 3.63) is 0 Å². The monoisotopic (exact) mass is 243 g/mol. The molecule has 100 valence electrons. The summed E-state index contributed by atoms with van der Waals surface area (Å²) in [6, 6.07) is 0. The highest BCUT2D eigenvalue weighted by molar-refractivity contribution is 5.81. The van der Waals surface area contributed by atoms with E-state index < -0.39 is 5.54 Å². The van der Waals surface area contributed by atoms with Crippen LogP contribution in [0.3, 0.4) is 0 Å². The molecule has 0 aliphatic carbocycles. The molecule has 1 heterocycles. The zero-order valence-electron chi connectivity index (χ0n) is 11.4. The van der Waals surface area contributed by atoms with Crippen LogP contribution in [0.25, 0.3) is 0 Å². The van der Waals surface area contributed by atoms with E-state index in [1.807, 2.05) is 13.8 Å². The van der Waals surface area contributed by atoms with Crippen molar-refractivity contribution in [3.63, 3.8) is 0 Å². The van der Waals surface area contributed by atoms with Crippen LogP contribution in [0.1, 0.15) is 40.5 Å². The van der Waals surface area contributed by atoms with Crippen LogP contribution in [-0.4, -0.2) is 37.4 Å². The Balaban J connectivity index is 2.79. The lowest BCUT2D eigenvalue weighted by Crippen LogP contribution is -2.58. The number of likely N-dealkylation sites (N-methyl/N-ethyl adjacent to an activating group) is 1. The van der Waals surface area contributed by atoms with Crippen LogP contribution < -0.4 is 5.32 Å². The Morgan fingerprint density at radius 3 is 2.76 bits per heavy atom. The van der Waals surface area contributed by atoms with E-state index in [2.05, 4.69) is 19.2 Å². The number of carbonyl (C=O) groups is 1. The van der Waals surface area contributed by atoms with Gasteiger partial charge in [-0.05, 0) is 25.8 Å². The molecule has 2 unspecified atom stereocenters. The molecule has 1 N–H and O–H groups in total. The molecule has 0 spiro atoms. The van der Waals surface area contributed by atoms with Gasteiger partial charge < -0.3 is 14.8 Å². The zero-order valence-corrected chi connectivity index (χ0v) is 11.4. The lowest BCUT2D eigenvalue weighted by molar-refractivity contribution is -0.159. The fraction of sp³-hybridized carbons (Fsp3) is 0.923. The Morgan fingerprint density at radius 1 is 1.53 bits per heavy atom. The van der Waals surface area contributed by atoms with E-state index in [1.165, 1.54) is 0 Å². The second-order valence-corrected chi connectivity index (χ2v) is 4.94. The predicted molar refractivity (Wildman–Crippen MR) is 66.9 cm³/mol. The van der Waals surface area contributed by atoms with Gasteiger partial charge in [-0.15, -0.1) is 0 Å². The summed E-state index contributed by atoms with van der Waals surface area (Å²) in [5.41, 5.74) is -0.544. The van der Waals surface area contributed by atoms with Gasteiger partial charge in [-0.1, -0.05) is 20.8 Å². The van der Waals surface area contributed by atoms with Gasteiger partial charge >= 0.3 is 5.97 Å². The Bertz CT molecular complexity index is 251. The molecule has 0 aromatic heterocycles. The summed E-state index contributed by atoms with van der Waals surface area (Å²) < 4.78 is 10.9. The Hall–Kier alpha value is -0.610. The first-order valence-corrected chi connectivity index (χ1v) is 6.59. The SMILES string of the molecule is CCNC1(C(=O)OCC)CCOC(C(C)C)C1. The minimum atomic E-state index is -0.544. The molecule has 1 fully saturated rings. The third kappa shape index (κ3) is 3.42. The van der Waals surface area contributed by atoms with Gasteiger partial charge in [0, 0.05) is 13.0 Å². The molecule has 17 heavy (non-hydrogen) atoms. The van der Waals surface area contributed by atoms with Crippen LogP contribution in [0.2, 0.25) is 0 Å². The molecule has 2 atom stereocenters. The molecule has 0 bridgehead atoms. The minimum Gasteiger partial charge on any atom is -0.465 e. The Morgan fingerprint density at radius 2 is 2.24 bits per heavy atom. The van der Waals surface area contributed by atoms with Gasteiger partial charge in [0.1, 0.15) is 5.54 Å². The molecule has 1 aliphatic rings. The molecule has 4 heteroatoms. The summed E-state index contributed by atoms with van der Waals surface area (Å²) in [5.74, 6) is 0.290. The number of rotatable bonds is 5. The van der Waals surface area contributed by atoms with Crippen LogP contribution in [0, 0.1) is 5.92 Å². The van der Waals surface area contributed by atoms with Gasteiger partial charge in [0.2, 0.25) is 0 Å². The summed E-state index contributed by atoms with van der Waals surface area (Å²) in [4.78, 5) is 12.1. The highest BCUT2D eigenvalue weighted by Gasteiger charge is 2.44. The standard InChI is InChI=1S/C13H25NO3/c1-5-14-13(12(15)16-6-2)7-8-17-11(9-13)10(3)4/h10-11,14H,5-9H2,1-4H3. The smallest absolute Gasteiger partial charge is 0.326 e. The lowest BCUT2D eigenvalue weighted by Gasteiger charge is -2.40. The summed E-state index contributed by atoms with van der Waals surface area (Å²) in [7, 11) is 0. The largest absolute Gasteiger partial charge is 0.465 e. The van der Waals surface area contributed by atoms with Crippen molar-refractivity contribution in [2.75, 3.05) is 19.8 Å². The maximum atomic E-state index is 12.1. The molecule has 0 radical (unpaired) electrons. The van der Waals surface area contributed by atoms with Gasteiger partial charge in [0.25, 0.3) is 0 Å². The van der Waals surface area contributed by atoms with E-state index in [4.69, 9.17) is 9.47 Å². The summed E-state index contributed by atoms with van der Waals surface area (Å²) in [5, 5.41) is 3.31. The van der Waals surface area contributed by atoms with Gasteiger partial charge in [-0.25, -0.2) is 0 Å². The van der Waals surface area contributed by atoms with E-state index in [9.17, 15) is 4.79 Å². The number of esters is 1. The van der Waals surface area contributed by atoms with Crippen molar-refractivity contribution in [2.45, 2.75) is 52.2 Å². The first-order valence-electron chi connectivity index (χ1n) is 6.59. The minimum absolute atomic E-state index is 0.129. The van der Waals surface area contributed by atoms with Crippen molar-refractivity contribution in [1.29, 1.82) is 0 Å². The molecule has 1 saturated heterocycles. The second kappa shape index (κ2) is 6.36. The fourth-order valence-corrected chi connectivity index (χ4v) is 2.34. The van der Waals surface area contributed by atoms with Crippen molar-refractivity contribution in [3.8, 4) is 0 Å². The van der Waals surface area contributed by atoms with Crippen LogP contribution in [0.5, 0.6) is 0 Å². The number of ether oxygens (including phenoxy) is 2. The maximum Gasteiger partial charge on any atom is 0.326 e. The van der Waals surface area contributed by atoms with Gasteiger partial charge in [0.05, 0.1) is 12.7 Å². The number of hydrogen-bond donors (Lipinski definition) is 1. The normalized spacial score (nSPS) is 29.4. The fourth-order valence-electron chi connectivity index (χ4n) is 2.34. The Kier molecular flexibility index (Phi) is 5.40. The highest BCUT2D eigenvalue weighted by atomic mass is 16.5.